The van der Waals surface area contributed by atoms with Gasteiger partial charge in [-0.1, -0.05) is 12.1 Å². The highest BCUT2D eigenvalue weighted by atomic mass is 16.5. The van der Waals surface area contributed by atoms with Crippen molar-refractivity contribution in [2.24, 2.45) is 0 Å². The summed E-state index contributed by atoms with van der Waals surface area (Å²) in [4.78, 5) is 2.38. The lowest BCUT2D eigenvalue weighted by Crippen LogP contribution is -2.43. The molecule has 2 rings (SSSR count). The molecule has 3 nitrogen and oxygen atoms in total. The number of methoxy groups -OCH3 is 1. The molecule has 0 bridgehead atoms. The lowest BCUT2D eigenvalue weighted by atomic mass is 10.1. The Morgan fingerprint density at radius 1 is 1.29 bits per heavy atom. The third-order valence-electron chi connectivity index (χ3n) is 3.19. The number of nitrogens with zero attached hydrogens (tertiary/aromatic N) is 1. The van der Waals surface area contributed by atoms with Gasteiger partial charge >= 0.3 is 0 Å². The van der Waals surface area contributed by atoms with Crippen molar-refractivity contribution in [1.29, 1.82) is 0 Å². The van der Waals surface area contributed by atoms with Crippen molar-refractivity contribution in [3.63, 3.8) is 0 Å². The molecule has 0 spiro atoms. The summed E-state index contributed by atoms with van der Waals surface area (Å²) in [7, 11) is 1.69. The average molecular weight is 234 g/mol. The van der Waals surface area contributed by atoms with Gasteiger partial charge in [0.2, 0.25) is 0 Å². The molecule has 1 unspecified atom stereocenters. The number of hydrogen-bond donors (Lipinski definition) is 0. The molecule has 0 N–H and O–H groups in total. The van der Waals surface area contributed by atoms with Gasteiger partial charge in [-0.05, 0) is 31.0 Å². The maximum Gasteiger partial charge on any atom is 0.118 e. The van der Waals surface area contributed by atoms with Crippen molar-refractivity contribution < 1.29 is 9.47 Å². The molecule has 0 aliphatic carbocycles. The van der Waals surface area contributed by atoms with Gasteiger partial charge in [-0.25, -0.2) is 0 Å². The van der Waals surface area contributed by atoms with Crippen molar-refractivity contribution in [3.8, 4) is 5.75 Å². The average Bonchev–Trinajstić information content (AvgIpc) is 2.40. The van der Waals surface area contributed by atoms with E-state index in [0.717, 1.165) is 38.5 Å². The highest BCUT2D eigenvalue weighted by Gasteiger charge is 2.17. The van der Waals surface area contributed by atoms with Crippen LogP contribution < -0.4 is 4.74 Å². The van der Waals surface area contributed by atoms with Crippen LogP contribution in [0.4, 0.5) is 0 Å². The van der Waals surface area contributed by atoms with Crippen molar-refractivity contribution >= 4 is 0 Å². The van der Waals surface area contributed by atoms with E-state index in [1.165, 1.54) is 5.56 Å². The first-order valence-electron chi connectivity index (χ1n) is 6.07. The Morgan fingerprint density at radius 3 is 2.53 bits per heavy atom. The van der Waals surface area contributed by atoms with Crippen LogP contribution in [0.1, 0.15) is 5.56 Å². The van der Waals surface area contributed by atoms with Gasteiger partial charge in [-0.3, -0.25) is 4.90 Å². The zero-order valence-corrected chi connectivity index (χ0v) is 10.4. The van der Waals surface area contributed by atoms with E-state index in [0.29, 0.717) is 6.04 Å². The third-order valence-corrected chi connectivity index (χ3v) is 3.19. The van der Waals surface area contributed by atoms with Crippen LogP contribution in [0, 0.1) is 6.92 Å². The van der Waals surface area contributed by atoms with E-state index in [-0.39, 0.29) is 0 Å². The number of hydrogen-bond acceptors (Lipinski definition) is 3. The summed E-state index contributed by atoms with van der Waals surface area (Å²) in [5.74, 6) is 0.903. The molecule has 1 fully saturated rings. The molecule has 1 radical (unpaired) electrons. The lowest BCUT2D eigenvalue weighted by Gasteiger charge is -2.32. The van der Waals surface area contributed by atoms with E-state index in [9.17, 15) is 0 Å². The third kappa shape index (κ3) is 3.45. The molecule has 1 aromatic carbocycles. The fourth-order valence-electron chi connectivity index (χ4n) is 2.11. The fraction of sp³-hybridized carbons (Fsp3) is 0.500. The number of morpholine rings is 1. The highest BCUT2D eigenvalue weighted by Crippen LogP contribution is 2.15. The normalized spacial score (nSPS) is 18.9. The molecular weight excluding hydrogens is 214 g/mol. The molecule has 1 heterocycles. The van der Waals surface area contributed by atoms with Gasteiger partial charge in [0.25, 0.3) is 0 Å². The van der Waals surface area contributed by atoms with E-state index >= 15 is 0 Å². The van der Waals surface area contributed by atoms with E-state index in [1.807, 2.05) is 12.1 Å². The summed E-state index contributed by atoms with van der Waals surface area (Å²) in [6.07, 6.45) is 0.976. The zero-order valence-electron chi connectivity index (χ0n) is 10.4. The van der Waals surface area contributed by atoms with Crippen LogP contribution in [0.3, 0.4) is 0 Å². The Kier molecular flexibility index (Phi) is 4.40. The summed E-state index contributed by atoms with van der Waals surface area (Å²) in [6.45, 7) is 7.88. The van der Waals surface area contributed by atoms with Gasteiger partial charge < -0.3 is 9.47 Å². The maximum absolute atomic E-state index is 5.34. The van der Waals surface area contributed by atoms with E-state index in [4.69, 9.17) is 9.47 Å². The Hall–Kier alpha value is -1.06. The minimum Gasteiger partial charge on any atom is -0.497 e. The van der Waals surface area contributed by atoms with Crippen LogP contribution in [-0.2, 0) is 11.2 Å². The number of ether oxygens (including phenoxy) is 2. The van der Waals surface area contributed by atoms with E-state index in [2.05, 4.69) is 24.0 Å². The van der Waals surface area contributed by atoms with E-state index < -0.39 is 0 Å². The first-order valence-corrected chi connectivity index (χ1v) is 6.07. The van der Waals surface area contributed by atoms with Crippen LogP contribution in [0.5, 0.6) is 5.75 Å². The van der Waals surface area contributed by atoms with Crippen molar-refractivity contribution in [1.82, 2.24) is 4.90 Å². The summed E-state index contributed by atoms with van der Waals surface area (Å²) >= 11 is 0. The topological polar surface area (TPSA) is 21.7 Å². The van der Waals surface area contributed by atoms with Gasteiger partial charge in [-0.15, -0.1) is 0 Å². The summed E-state index contributed by atoms with van der Waals surface area (Å²) in [5, 5.41) is 0. The second-order valence-electron chi connectivity index (χ2n) is 4.35. The Morgan fingerprint density at radius 2 is 1.94 bits per heavy atom. The first-order chi connectivity index (χ1) is 8.29. The second-order valence-corrected chi connectivity index (χ2v) is 4.35. The minimum absolute atomic E-state index is 0.326. The summed E-state index contributed by atoms with van der Waals surface area (Å²) < 4.78 is 10.5. The predicted octanol–water partition coefficient (Wildman–Crippen LogP) is 1.77. The highest BCUT2D eigenvalue weighted by molar-refractivity contribution is 5.27. The number of benzene rings is 1. The summed E-state index contributed by atoms with van der Waals surface area (Å²) in [6, 6.07) is 8.55. The smallest absolute Gasteiger partial charge is 0.118 e. The van der Waals surface area contributed by atoms with Gasteiger partial charge in [0.05, 0.1) is 20.3 Å². The standard InChI is InChI=1S/C14H20NO2/c1-12(15-7-9-17-10-8-15)11-13-3-5-14(16-2)6-4-13/h3-6,12H,1,7-11H2,2H3. The SMILES string of the molecule is [CH2]C(Cc1ccc(OC)cc1)N1CCOCC1. The zero-order chi connectivity index (χ0) is 12.1. The largest absolute Gasteiger partial charge is 0.497 e. The van der Waals surface area contributed by atoms with Crippen LogP contribution in [0.25, 0.3) is 0 Å². The van der Waals surface area contributed by atoms with Gasteiger partial charge in [-0.2, -0.15) is 0 Å². The fourth-order valence-corrected chi connectivity index (χ4v) is 2.11. The van der Waals surface area contributed by atoms with Crippen molar-refractivity contribution in [3.05, 3.63) is 36.8 Å². The van der Waals surface area contributed by atoms with Crippen molar-refractivity contribution in [2.75, 3.05) is 33.4 Å². The molecule has 1 aliphatic heterocycles. The monoisotopic (exact) mass is 234 g/mol. The number of rotatable bonds is 4. The molecule has 0 saturated carbocycles. The maximum atomic E-state index is 5.34. The van der Waals surface area contributed by atoms with Crippen LogP contribution in [-0.4, -0.2) is 44.4 Å². The molecule has 93 valence electrons. The Labute approximate surface area is 103 Å². The Balaban J connectivity index is 1.89. The molecular formula is C14H20NO2. The minimum atomic E-state index is 0.326. The van der Waals surface area contributed by atoms with Crippen molar-refractivity contribution in [2.45, 2.75) is 12.5 Å². The predicted molar refractivity (Wildman–Crippen MR) is 68.2 cm³/mol. The van der Waals surface area contributed by atoms with Crippen LogP contribution in [0.15, 0.2) is 24.3 Å². The molecule has 17 heavy (non-hydrogen) atoms. The molecule has 1 atom stereocenters. The lowest BCUT2D eigenvalue weighted by molar-refractivity contribution is 0.0252. The molecule has 1 saturated heterocycles. The molecule has 3 heteroatoms. The second kappa shape index (κ2) is 6.03. The van der Waals surface area contributed by atoms with E-state index in [1.54, 1.807) is 7.11 Å². The van der Waals surface area contributed by atoms with Gasteiger partial charge in [0.15, 0.2) is 0 Å². The van der Waals surface area contributed by atoms with Gasteiger partial charge in [0, 0.05) is 19.1 Å². The van der Waals surface area contributed by atoms with Crippen LogP contribution >= 0.6 is 0 Å². The first kappa shape index (κ1) is 12.4. The molecule has 0 amide bonds. The molecule has 0 aromatic heterocycles. The molecule has 1 aromatic rings. The van der Waals surface area contributed by atoms with Gasteiger partial charge in [0.1, 0.15) is 5.75 Å². The quantitative estimate of drug-likeness (QED) is 0.792. The molecule has 1 aliphatic rings. The van der Waals surface area contributed by atoms with Crippen LogP contribution in [0.2, 0.25) is 0 Å². The summed E-state index contributed by atoms with van der Waals surface area (Å²) in [5.41, 5.74) is 1.30. The Bertz CT molecular complexity index is 331.